The predicted molar refractivity (Wildman–Crippen MR) is 61.0 cm³/mol. The van der Waals surface area contributed by atoms with Gasteiger partial charge in [-0.05, 0) is 43.4 Å². The van der Waals surface area contributed by atoms with Gasteiger partial charge >= 0.3 is 6.03 Å². The molecule has 0 unspecified atom stereocenters. The Morgan fingerprint density at radius 3 is 2.24 bits per heavy atom. The van der Waals surface area contributed by atoms with Crippen molar-refractivity contribution >= 4 is 17.7 Å². The van der Waals surface area contributed by atoms with Crippen LogP contribution >= 0.6 is 0 Å². The predicted octanol–water partition coefficient (Wildman–Crippen LogP) is 1.06. The van der Waals surface area contributed by atoms with Gasteiger partial charge in [-0.1, -0.05) is 0 Å². The summed E-state index contributed by atoms with van der Waals surface area (Å²) in [6, 6.07) is -0.810. The number of carbonyl (C=O) groups is 3. The Kier molecular flexibility index (Phi) is 2.93. The summed E-state index contributed by atoms with van der Waals surface area (Å²) in [6.45, 7) is 1.49. The summed E-state index contributed by atoms with van der Waals surface area (Å²) in [7, 11) is 0. The highest BCUT2D eigenvalue weighted by Crippen LogP contribution is 2.54. The maximum Gasteiger partial charge on any atom is 0.321 e. The van der Waals surface area contributed by atoms with Crippen LogP contribution < -0.4 is 5.73 Å². The highest BCUT2D eigenvalue weighted by molar-refractivity contribution is 6.37. The van der Waals surface area contributed by atoms with Crippen molar-refractivity contribution in [2.24, 2.45) is 17.1 Å². The molecule has 17 heavy (non-hydrogen) atoms. The first-order chi connectivity index (χ1) is 7.93. The lowest BCUT2D eigenvalue weighted by Gasteiger charge is -2.31. The van der Waals surface area contributed by atoms with Gasteiger partial charge in [0.15, 0.2) is 0 Å². The number of urea groups is 1. The quantitative estimate of drug-likeness (QED) is 0.746. The number of carbonyl (C=O) groups excluding carboxylic acids is 3. The summed E-state index contributed by atoms with van der Waals surface area (Å²) >= 11 is 0. The fourth-order valence-corrected chi connectivity index (χ4v) is 3.31. The van der Waals surface area contributed by atoms with Gasteiger partial charge in [0.25, 0.3) is 5.91 Å². The maximum atomic E-state index is 11.6. The van der Waals surface area contributed by atoms with E-state index >= 15 is 0 Å². The van der Waals surface area contributed by atoms with Crippen molar-refractivity contribution in [1.29, 1.82) is 0 Å². The fourth-order valence-electron chi connectivity index (χ4n) is 3.31. The van der Waals surface area contributed by atoms with Crippen molar-refractivity contribution in [3.63, 3.8) is 0 Å². The van der Waals surface area contributed by atoms with Crippen LogP contribution in [0.1, 0.15) is 39.0 Å². The van der Waals surface area contributed by atoms with Gasteiger partial charge in [-0.25, -0.2) is 4.79 Å². The minimum absolute atomic E-state index is 0.0325. The third-order valence-corrected chi connectivity index (χ3v) is 4.19. The minimum Gasteiger partial charge on any atom is -0.351 e. The molecule has 2 fully saturated rings. The van der Waals surface area contributed by atoms with Crippen LogP contribution in [0, 0.1) is 11.3 Å². The number of hydrogen-bond donors (Lipinski definition) is 1. The second-order valence-corrected chi connectivity index (χ2v) is 5.43. The summed E-state index contributed by atoms with van der Waals surface area (Å²) in [5, 5.41) is 0. The van der Waals surface area contributed by atoms with Gasteiger partial charge < -0.3 is 5.73 Å². The lowest BCUT2D eigenvalue weighted by molar-refractivity contribution is -0.142. The third-order valence-electron chi connectivity index (χ3n) is 4.19. The van der Waals surface area contributed by atoms with Gasteiger partial charge in [-0.15, -0.1) is 0 Å². The monoisotopic (exact) mass is 238 g/mol. The summed E-state index contributed by atoms with van der Waals surface area (Å²) in [5.74, 6) is -0.674. The molecule has 2 aliphatic rings. The van der Waals surface area contributed by atoms with Crippen LogP contribution in [0.5, 0.6) is 0 Å². The van der Waals surface area contributed by atoms with Crippen molar-refractivity contribution in [1.82, 2.24) is 4.90 Å². The molecule has 2 aliphatic carbocycles. The number of rotatable bonds is 3. The Hall–Kier alpha value is -1.39. The van der Waals surface area contributed by atoms with Crippen molar-refractivity contribution in [3.05, 3.63) is 0 Å². The van der Waals surface area contributed by atoms with Gasteiger partial charge in [0, 0.05) is 13.5 Å². The number of imide groups is 1. The Morgan fingerprint density at radius 1 is 1.29 bits per heavy atom. The molecule has 0 heterocycles. The van der Waals surface area contributed by atoms with E-state index in [1.165, 1.54) is 19.8 Å². The van der Waals surface area contributed by atoms with E-state index in [0.717, 1.165) is 30.1 Å². The molecule has 0 radical (unpaired) electrons. The third kappa shape index (κ3) is 2.18. The van der Waals surface area contributed by atoms with Crippen LogP contribution in [0.25, 0.3) is 0 Å². The van der Waals surface area contributed by atoms with Crippen molar-refractivity contribution in [2.45, 2.75) is 39.0 Å². The number of amides is 3. The number of hydrogen-bond acceptors (Lipinski definition) is 3. The number of ketones is 1. The number of nitrogens with zero attached hydrogens (tertiary/aromatic N) is 1. The Morgan fingerprint density at radius 2 is 1.88 bits per heavy atom. The highest BCUT2D eigenvalue weighted by Gasteiger charge is 2.47. The molecular weight excluding hydrogens is 220 g/mol. The molecule has 0 atom stereocenters. The summed E-state index contributed by atoms with van der Waals surface area (Å²) in [6.07, 6.45) is 5.46. The van der Waals surface area contributed by atoms with E-state index in [1.807, 2.05) is 0 Å². The lowest BCUT2D eigenvalue weighted by Crippen LogP contribution is -2.48. The molecular formula is C12H18N2O3. The van der Waals surface area contributed by atoms with Crippen LogP contribution in [-0.2, 0) is 9.59 Å². The van der Waals surface area contributed by atoms with Crippen molar-refractivity contribution in [3.8, 4) is 0 Å². The molecule has 0 saturated heterocycles. The molecule has 2 bridgehead atoms. The molecule has 0 aromatic heterocycles. The van der Waals surface area contributed by atoms with Gasteiger partial charge in [-0.3, -0.25) is 14.5 Å². The van der Waals surface area contributed by atoms with E-state index in [1.54, 1.807) is 0 Å². The molecule has 0 aromatic carbocycles. The largest absolute Gasteiger partial charge is 0.351 e. The molecule has 5 nitrogen and oxygen atoms in total. The van der Waals surface area contributed by atoms with E-state index in [0.29, 0.717) is 6.54 Å². The number of primary amides is 1. The van der Waals surface area contributed by atoms with Crippen molar-refractivity contribution in [2.75, 3.05) is 6.54 Å². The standard InChI is InChI=1S/C12H18N2O3/c1-8(15)10(16)14(11(13)17)7-12-4-2-9(6-12)3-5-12/h9H,2-7H2,1H3,(H2,13,17). The normalized spacial score (nSPS) is 30.3. The molecule has 3 amide bonds. The Labute approximate surface area is 100 Å². The molecule has 0 aliphatic heterocycles. The average Bonchev–Trinajstić information content (AvgIpc) is 2.84. The molecule has 0 spiro atoms. The first-order valence-corrected chi connectivity index (χ1v) is 6.05. The Balaban J connectivity index is 2.11. The summed E-state index contributed by atoms with van der Waals surface area (Å²) in [5.41, 5.74) is 5.23. The number of Topliss-reactive ketones (excluding diaryl/α,β-unsaturated/α-hetero) is 1. The smallest absolute Gasteiger partial charge is 0.321 e. The van der Waals surface area contributed by atoms with Gasteiger partial charge in [0.2, 0.25) is 5.78 Å². The van der Waals surface area contributed by atoms with Crippen LogP contribution in [0.2, 0.25) is 0 Å². The first kappa shape index (κ1) is 12.1. The maximum absolute atomic E-state index is 11.6. The van der Waals surface area contributed by atoms with E-state index in [4.69, 9.17) is 5.73 Å². The fraction of sp³-hybridized carbons (Fsp3) is 0.750. The molecule has 0 aromatic rings. The second-order valence-electron chi connectivity index (χ2n) is 5.43. The summed E-state index contributed by atoms with van der Waals surface area (Å²) < 4.78 is 0. The lowest BCUT2D eigenvalue weighted by atomic mass is 9.84. The molecule has 2 saturated carbocycles. The zero-order valence-corrected chi connectivity index (χ0v) is 10.1. The van der Waals surface area contributed by atoms with Crippen LogP contribution in [-0.4, -0.2) is 29.2 Å². The number of nitrogens with two attached hydrogens (primary N) is 1. The highest BCUT2D eigenvalue weighted by atomic mass is 16.2. The molecule has 94 valence electrons. The molecule has 5 heteroatoms. The second kappa shape index (κ2) is 4.13. The number of fused-ring (bicyclic) bond motifs is 2. The van der Waals surface area contributed by atoms with Gasteiger partial charge in [-0.2, -0.15) is 0 Å². The topological polar surface area (TPSA) is 80.5 Å². The van der Waals surface area contributed by atoms with Crippen LogP contribution in [0.4, 0.5) is 4.79 Å². The minimum atomic E-state index is -0.810. The molecule has 2 rings (SSSR count). The zero-order chi connectivity index (χ0) is 12.6. The average molecular weight is 238 g/mol. The summed E-state index contributed by atoms with van der Waals surface area (Å²) in [4.78, 5) is 34.9. The van der Waals surface area contributed by atoms with Crippen LogP contribution in [0.3, 0.4) is 0 Å². The first-order valence-electron chi connectivity index (χ1n) is 6.05. The Bertz CT molecular complexity index is 370. The molecule has 2 N–H and O–H groups in total. The van der Waals surface area contributed by atoms with Crippen LogP contribution in [0.15, 0.2) is 0 Å². The van der Waals surface area contributed by atoms with Crippen molar-refractivity contribution < 1.29 is 14.4 Å². The SMILES string of the molecule is CC(=O)C(=O)N(CC12CCC(CC1)C2)C(N)=O. The van der Waals surface area contributed by atoms with E-state index in [9.17, 15) is 14.4 Å². The van der Waals surface area contributed by atoms with Gasteiger partial charge in [0.05, 0.1) is 0 Å². The van der Waals surface area contributed by atoms with Gasteiger partial charge in [0.1, 0.15) is 0 Å². The van der Waals surface area contributed by atoms with E-state index < -0.39 is 17.7 Å². The zero-order valence-electron chi connectivity index (χ0n) is 10.1. The van der Waals surface area contributed by atoms with E-state index in [2.05, 4.69) is 0 Å². The van der Waals surface area contributed by atoms with E-state index in [-0.39, 0.29) is 5.41 Å².